The molecule has 7 atom stereocenters. The predicted molar refractivity (Wildman–Crippen MR) is 164 cm³/mol. The van der Waals surface area contributed by atoms with Crippen LogP contribution in [0.25, 0.3) is 0 Å². The predicted octanol–water partition coefficient (Wildman–Crippen LogP) is 4.42. The molecule has 3 heterocycles. The van der Waals surface area contributed by atoms with Gasteiger partial charge in [-0.1, -0.05) is 20.8 Å². The number of nitrogens with zero attached hydrogens (tertiary/aromatic N) is 1. The van der Waals surface area contributed by atoms with Gasteiger partial charge in [0.05, 0.1) is 42.9 Å². The van der Waals surface area contributed by atoms with Crippen LogP contribution in [-0.2, 0) is 14.4 Å². The molecule has 2 aromatic carbocycles. The summed E-state index contributed by atoms with van der Waals surface area (Å²) >= 11 is 1.62. The fourth-order valence-corrected chi connectivity index (χ4v) is 9.59. The van der Waals surface area contributed by atoms with Gasteiger partial charge in [0, 0.05) is 16.6 Å². The number of ether oxygens (including phenoxy) is 2. The number of methoxy groups -OCH3 is 1. The van der Waals surface area contributed by atoms with Crippen molar-refractivity contribution in [2.45, 2.75) is 62.6 Å². The van der Waals surface area contributed by atoms with E-state index < -0.39 is 28.7 Å². The maximum Gasteiger partial charge on any atom is 0.248 e. The number of carbonyl (C=O) groups is 3. The molecule has 2 bridgehead atoms. The molecule has 0 radical (unpaired) electrons. The maximum atomic E-state index is 14.4. The maximum absolute atomic E-state index is 14.4. The highest BCUT2D eigenvalue weighted by atomic mass is 32.2. The van der Waals surface area contributed by atoms with Gasteiger partial charge in [-0.2, -0.15) is 0 Å². The van der Waals surface area contributed by atoms with Crippen molar-refractivity contribution in [3.63, 3.8) is 0 Å². The van der Waals surface area contributed by atoms with E-state index in [0.29, 0.717) is 35.9 Å². The summed E-state index contributed by atoms with van der Waals surface area (Å²) < 4.78 is 9.98. The van der Waals surface area contributed by atoms with Crippen molar-refractivity contribution in [2.24, 2.45) is 23.7 Å². The van der Waals surface area contributed by atoms with Crippen LogP contribution in [-0.4, -0.2) is 70.1 Å². The number of thioether (sulfide) groups is 1. The SMILES string of the molecule is CCOc1ccc(NC(=O)[C@@H]2[C@@H]3CC(C)C4(S3)C(C(=O)Nc3ccc(OC)cc3)N([C@@H](CO)CC(C)C)C(=O)[C@H]24)cc1. The second-order valence-electron chi connectivity index (χ2n) is 11.9. The van der Waals surface area contributed by atoms with Crippen molar-refractivity contribution >= 4 is 40.9 Å². The van der Waals surface area contributed by atoms with Crippen LogP contribution < -0.4 is 20.1 Å². The smallest absolute Gasteiger partial charge is 0.248 e. The zero-order valence-corrected chi connectivity index (χ0v) is 25.6. The van der Waals surface area contributed by atoms with Gasteiger partial charge in [0.15, 0.2) is 0 Å². The van der Waals surface area contributed by atoms with Crippen molar-refractivity contribution < 1.29 is 29.0 Å². The van der Waals surface area contributed by atoms with E-state index in [1.54, 1.807) is 72.3 Å². The third-order valence-corrected chi connectivity index (χ3v) is 10.9. The summed E-state index contributed by atoms with van der Waals surface area (Å²) in [6.45, 7) is 8.35. The van der Waals surface area contributed by atoms with E-state index in [0.717, 1.165) is 6.42 Å². The summed E-state index contributed by atoms with van der Waals surface area (Å²) in [7, 11) is 1.58. The van der Waals surface area contributed by atoms with Crippen LogP contribution in [0.3, 0.4) is 0 Å². The highest BCUT2D eigenvalue weighted by molar-refractivity contribution is 8.02. The molecule has 2 aromatic rings. The molecular weight excluding hydrogens is 554 g/mol. The van der Waals surface area contributed by atoms with Crippen molar-refractivity contribution in [2.75, 3.05) is 31.0 Å². The second kappa shape index (κ2) is 12.2. The van der Waals surface area contributed by atoms with E-state index in [1.807, 2.05) is 20.8 Å². The lowest BCUT2D eigenvalue weighted by molar-refractivity contribution is -0.141. The molecule has 42 heavy (non-hydrogen) atoms. The number of nitrogens with one attached hydrogen (secondary N) is 2. The van der Waals surface area contributed by atoms with Gasteiger partial charge < -0.3 is 30.1 Å². The molecule has 5 rings (SSSR count). The van der Waals surface area contributed by atoms with Gasteiger partial charge in [0.2, 0.25) is 17.7 Å². The number of anilines is 2. The van der Waals surface area contributed by atoms with Gasteiger partial charge in [0.1, 0.15) is 17.5 Å². The Hall–Kier alpha value is -3.24. The number of carbonyl (C=O) groups excluding carboxylic acids is 3. The minimum absolute atomic E-state index is 0.0194. The Balaban J connectivity index is 1.49. The van der Waals surface area contributed by atoms with Gasteiger partial charge in [-0.25, -0.2) is 0 Å². The minimum atomic E-state index is -0.832. The molecule has 3 aliphatic heterocycles. The second-order valence-corrected chi connectivity index (χ2v) is 13.5. The summed E-state index contributed by atoms with van der Waals surface area (Å²) in [6.07, 6.45) is 1.27. The number of hydrogen-bond acceptors (Lipinski definition) is 7. The number of rotatable bonds is 11. The van der Waals surface area contributed by atoms with Gasteiger partial charge in [-0.3, -0.25) is 14.4 Å². The fourth-order valence-electron chi connectivity index (χ4n) is 7.18. The Morgan fingerprint density at radius 1 is 1.05 bits per heavy atom. The van der Waals surface area contributed by atoms with E-state index in [9.17, 15) is 19.5 Å². The van der Waals surface area contributed by atoms with Gasteiger partial charge in [-0.15, -0.1) is 11.8 Å². The molecule has 10 heteroatoms. The normalized spacial score (nSPS) is 28.5. The third-order valence-electron chi connectivity index (χ3n) is 8.87. The molecule has 3 unspecified atom stereocenters. The molecule has 3 saturated heterocycles. The lowest BCUT2D eigenvalue weighted by Gasteiger charge is -2.40. The van der Waals surface area contributed by atoms with E-state index in [2.05, 4.69) is 17.6 Å². The van der Waals surface area contributed by atoms with Crippen LogP contribution >= 0.6 is 11.8 Å². The number of aliphatic hydroxyl groups excluding tert-OH is 1. The van der Waals surface area contributed by atoms with Crippen LogP contribution in [0.1, 0.15) is 40.5 Å². The number of benzene rings is 2. The van der Waals surface area contributed by atoms with Crippen molar-refractivity contribution in [1.29, 1.82) is 0 Å². The molecule has 0 aromatic heterocycles. The Bertz CT molecular complexity index is 1300. The molecule has 0 saturated carbocycles. The van der Waals surface area contributed by atoms with E-state index in [4.69, 9.17) is 9.47 Å². The monoisotopic (exact) mass is 595 g/mol. The lowest BCUT2D eigenvalue weighted by Crippen LogP contribution is -2.57. The van der Waals surface area contributed by atoms with E-state index in [-0.39, 0.29) is 41.4 Å². The summed E-state index contributed by atoms with van der Waals surface area (Å²) in [4.78, 5) is 44.1. The lowest BCUT2D eigenvalue weighted by atomic mass is 9.66. The Morgan fingerprint density at radius 2 is 1.64 bits per heavy atom. The summed E-state index contributed by atoms with van der Waals surface area (Å²) in [5.41, 5.74) is 1.22. The topological polar surface area (TPSA) is 117 Å². The highest BCUT2D eigenvalue weighted by Gasteiger charge is 2.76. The van der Waals surface area contributed by atoms with E-state index in [1.165, 1.54) is 0 Å². The van der Waals surface area contributed by atoms with Crippen molar-refractivity contribution in [3.05, 3.63) is 48.5 Å². The molecule has 226 valence electrons. The van der Waals surface area contributed by atoms with Crippen LogP contribution in [0.4, 0.5) is 11.4 Å². The highest BCUT2D eigenvalue weighted by Crippen LogP contribution is 2.69. The Kier molecular flexibility index (Phi) is 8.76. The number of likely N-dealkylation sites (tertiary alicyclic amines) is 1. The average Bonchev–Trinajstić information content (AvgIpc) is 3.56. The van der Waals surface area contributed by atoms with Crippen LogP contribution in [0.5, 0.6) is 11.5 Å². The first-order valence-corrected chi connectivity index (χ1v) is 15.6. The first kappa shape index (κ1) is 30.2. The number of aliphatic hydroxyl groups is 1. The Morgan fingerprint density at radius 3 is 2.19 bits per heavy atom. The molecule has 3 aliphatic rings. The fraction of sp³-hybridized carbons (Fsp3) is 0.531. The summed E-state index contributed by atoms with van der Waals surface area (Å²) in [5, 5.41) is 16.5. The number of amides is 3. The van der Waals surface area contributed by atoms with E-state index >= 15 is 0 Å². The Labute approximate surface area is 251 Å². The zero-order valence-electron chi connectivity index (χ0n) is 24.8. The van der Waals surface area contributed by atoms with Crippen molar-refractivity contribution in [1.82, 2.24) is 4.90 Å². The summed E-state index contributed by atoms with van der Waals surface area (Å²) in [5.74, 6) is -0.415. The molecule has 3 amide bonds. The molecular formula is C32H41N3O6S. The van der Waals surface area contributed by atoms with Gasteiger partial charge >= 0.3 is 0 Å². The molecule has 3 N–H and O–H groups in total. The standard InChI is InChI=1S/C32H41N3O6S/c1-6-41-24-13-9-20(10-14-24)33-29(37)26-25-16-19(4)32(42-25)27(26)31(39)35(22(17-36)15-18(2)3)28(32)30(38)34-21-7-11-23(40-5)12-8-21/h7-14,18-19,22,25-28,36H,6,15-17H2,1-5H3,(H,33,37)(H,34,38)/t19?,22-,25+,26-,27+,28?,32?/m1/s1. The number of hydrogen-bond donors (Lipinski definition) is 3. The third kappa shape index (κ3) is 5.24. The first-order valence-electron chi connectivity index (χ1n) is 14.7. The van der Waals surface area contributed by atoms with Crippen LogP contribution in [0, 0.1) is 23.7 Å². The van der Waals surface area contributed by atoms with Crippen molar-refractivity contribution in [3.8, 4) is 11.5 Å². The first-order chi connectivity index (χ1) is 20.1. The van der Waals surface area contributed by atoms with Gasteiger partial charge in [0.25, 0.3) is 0 Å². The van der Waals surface area contributed by atoms with Crippen LogP contribution in [0.2, 0.25) is 0 Å². The largest absolute Gasteiger partial charge is 0.497 e. The summed E-state index contributed by atoms with van der Waals surface area (Å²) in [6, 6.07) is 12.9. The molecule has 3 fully saturated rings. The van der Waals surface area contributed by atoms with Crippen LogP contribution in [0.15, 0.2) is 48.5 Å². The molecule has 1 spiro atoms. The quantitative estimate of drug-likeness (QED) is 0.352. The number of fused-ring (bicyclic) bond motifs is 1. The average molecular weight is 596 g/mol. The molecule has 9 nitrogen and oxygen atoms in total. The van der Waals surface area contributed by atoms with Gasteiger partial charge in [-0.05, 0) is 80.1 Å². The molecule has 0 aliphatic carbocycles. The minimum Gasteiger partial charge on any atom is -0.497 e. The zero-order chi connectivity index (χ0) is 30.2.